The Hall–Kier alpha value is -2.54. The molecular weight excluding hydrogens is 278 g/mol. The van der Waals surface area contributed by atoms with E-state index < -0.39 is 0 Å². The third-order valence-corrected chi connectivity index (χ3v) is 4.23. The third-order valence-electron chi connectivity index (χ3n) is 4.23. The van der Waals surface area contributed by atoms with E-state index in [1.165, 1.54) is 16.8 Å². The summed E-state index contributed by atoms with van der Waals surface area (Å²) in [5.41, 5.74) is 3.98. The summed E-state index contributed by atoms with van der Waals surface area (Å²) in [6, 6.07) is 32.6. The monoisotopic (exact) mass is 301 g/mol. The van der Waals surface area contributed by atoms with Crippen molar-refractivity contribution in [3.8, 4) is 0 Å². The average molecular weight is 301 g/mol. The van der Waals surface area contributed by atoms with E-state index in [1.54, 1.807) is 0 Å². The van der Waals surface area contributed by atoms with Gasteiger partial charge in [-0.2, -0.15) is 0 Å². The second-order valence-electron chi connectivity index (χ2n) is 5.78. The highest BCUT2D eigenvalue weighted by atomic mass is 15.2. The second-order valence-corrected chi connectivity index (χ2v) is 5.78. The fourth-order valence-electron chi connectivity index (χ4n) is 3.09. The van der Waals surface area contributed by atoms with Gasteiger partial charge in [0.25, 0.3) is 0 Å². The van der Waals surface area contributed by atoms with Crippen molar-refractivity contribution in [3.63, 3.8) is 0 Å². The molecular formula is C22H23N. The molecule has 0 N–H and O–H groups in total. The van der Waals surface area contributed by atoms with Gasteiger partial charge in [0.1, 0.15) is 0 Å². The summed E-state index contributed by atoms with van der Waals surface area (Å²) in [5, 5.41) is 0. The first kappa shape index (κ1) is 15.4. The maximum atomic E-state index is 2.50. The highest BCUT2D eigenvalue weighted by Gasteiger charge is 2.19. The van der Waals surface area contributed by atoms with Crippen LogP contribution in [0.25, 0.3) is 0 Å². The minimum absolute atomic E-state index is 0.374. The van der Waals surface area contributed by atoms with Crippen molar-refractivity contribution in [1.82, 2.24) is 0 Å². The Bertz CT molecular complexity index is 692. The molecule has 0 aromatic heterocycles. The van der Waals surface area contributed by atoms with Gasteiger partial charge in [-0.3, -0.25) is 0 Å². The smallest absolute Gasteiger partial charge is 0.0543 e. The molecule has 0 radical (unpaired) electrons. The molecule has 116 valence electrons. The van der Waals surface area contributed by atoms with Crippen LogP contribution in [0.4, 0.5) is 5.69 Å². The molecule has 0 unspecified atom stereocenters. The van der Waals surface area contributed by atoms with Crippen molar-refractivity contribution in [1.29, 1.82) is 0 Å². The summed E-state index contributed by atoms with van der Waals surface area (Å²) in [4.78, 5) is 2.50. The molecule has 3 aromatic carbocycles. The van der Waals surface area contributed by atoms with Crippen LogP contribution in [0.3, 0.4) is 0 Å². The molecule has 3 aromatic rings. The van der Waals surface area contributed by atoms with Gasteiger partial charge in [-0.15, -0.1) is 0 Å². The Balaban J connectivity index is 1.97. The van der Waals surface area contributed by atoms with Crippen LogP contribution in [-0.2, 0) is 6.54 Å². The van der Waals surface area contributed by atoms with Gasteiger partial charge >= 0.3 is 0 Å². The van der Waals surface area contributed by atoms with Crippen LogP contribution < -0.4 is 4.90 Å². The second kappa shape index (κ2) is 7.64. The zero-order valence-electron chi connectivity index (χ0n) is 13.6. The zero-order valence-corrected chi connectivity index (χ0v) is 13.6. The number of nitrogens with zero attached hydrogens (tertiary/aromatic N) is 1. The minimum Gasteiger partial charge on any atom is -0.360 e. The summed E-state index contributed by atoms with van der Waals surface area (Å²) in [5.74, 6) is 0. The lowest BCUT2D eigenvalue weighted by Crippen LogP contribution is -2.27. The summed E-state index contributed by atoms with van der Waals surface area (Å²) in [7, 11) is 0. The van der Waals surface area contributed by atoms with Crippen LogP contribution in [-0.4, -0.2) is 0 Å². The number of hydrogen-bond acceptors (Lipinski definition) is 1. The molecule has 0 fully saturated rings. The molecule has 0 amide bonds. The highest BCUT2D eigenvalue weighted by Crippen LogP contribution is 2.31. The first-order valence-corrected chi connectivity index (χ1v) is 8.29. The Morgan fingerprint density at radius 2 is 1.22 bits per heavy atom. The number of benzene rings is 3. The van der Waals surface area contributed by atoms with E-state index in [1.807, 2.05) is 0 Å². The molecule has 0 heterocycles. The molecule has 0 spiro atoms. The van der Waals surface area contributed by atoms with E-state index >= 15 is 0 Å². The van der Waals surface area contributed by atoms with Gasteiger partial charge in [0, 0.05) is 12.2 Å². The Morgan fingerprint density at radius 3 is 1.78 bits per heavy atom. The van der Waals surface area contributed by atoms with Crippen molar-refractivity contribution in [2.24, 2.45) is 0 Å². The van der Waals surface area contributed by atoms with E-state index in [-0.39, 0.29) is 0 Å². The predicted octanol–water partition coefficient (Wildman–Crippen LogP) is 5.84. The lowest BCUT2D eigenvalue weighted by atomic mass is 10.0. The number of rotatable bonds is 6. The van der Waals surface area contributed by atoms with Crippen molar-refractivity contribution in [2.75, 3.05) is 4.90 Å². The van der Waals surface area contributed by atoms with Gasteiger partial charge in [0.15, 0.2) is 0 Å². The molecule has 0 saturated carbocycles. The summed E-state index contributed by atoms with van der Waals surface area (Å²) >= 11 is 0. The van der Waals surface area contributed by atoms with Crippen LogP contribution in [0.5, 0.6) is 0 Å². The fraction of sp³-hybridized carbons (Fsp3) is 0.182. The van der Waals surface area contributed by atoms with E-state index in [0.717, 1.165) is 13.0 Å². The Morgan fingerprint density at radius 1 is 0.696 bits per heavy atom. The van der Waals surface area contributed by atoms with Crippen LogP contribution >= 0.6 is 0 Å². The van der Waals surface area contributed by atoms with Crippen LogP contribution in [0, 0.1) is 0 Å². The van der Waals surface area contributed by atoms with E-state index in [9.17, 15) is 0 Å². The van der Waals surface area contributed by atoms with Crippen molar-refractivity contribution >= 4 is 5.69 Å². The zero-order chi connectivity index (χ0) is 15.9. The first-order valence-electron chi connectivity index (χ1n) is 8.29. The van der Waals surface area contributed by atoms with Crippen molar-refractivity contribution < 1.29 is 0 Å². The molecule has 1 nitrogen and oxygen atoms in total. The fourth-order valence-corrected chi connectivity index (χ4v) is 3.09. The third kappa shape index (κ3) is 3.81. The molecule has 0 aliphatic heterocycles. The van der Waals surface area contributed by atoms with Gasteiger partial charge in [-0.1, -0.05) is 85.8 Å². The minimum atomic E-state index is 0.374. The van der Waals surface area contributed by atoms with Gasteiger partial charge in [0.05, 0.1) is 6.04 Å². The maximum Gasteiger partial charge on any atom is 0.0543 e. The standard InChI is InChI=1S/C22H23N/c1-2-22(20-14-8-4-9-15-20)23(21-16-10-5-11-17-21)18-19-12-6-3-7-13-19/h3-17,22H,2,18H2,1H3/t22-/m0/s1. The van der Waals surface area contributed by atoms with Crippen LogP contribution in [0.1, 0.15) is 30.5 Å². The van der Waals surface area contributed by atoms with Crippen LogP contribution in [0.2, 0.25) is 0 Å². The largest absolute Gasteiger partial charge is 0.360 e. The van der Waals surface area contributed by atoms with E-state index in [2.05, 4.69) is 103 Å². The summed E-state index contributed by atoms with van der Waals surface area (Å²) < 4.78 is 0. The number of hydrogen-bond donors (Lipinski definition) is 0. The van der Waals surface area contributed by atoms with Gasteiger partial charge < -0.3 is 4.90 Å². The Labute approximate surface area is 139 Å². The molecule has 0 bridgehead atoms. The van der Waals surface area contributed by atoms with Crippen molar-refractivity contribution in [2.45, 2.75) is 25.9 Å². The molecule has 0 aliphatic carbocycles. The van der Waals surface area contributed by atoms with E-state index in [0.29, 0.717) is 6.04 Å². The normalized spacial score (nSPS) is 11.9. The number of para-hydroxylation sites is 1. The molecule has 1 heteroatoms. The van der Waals surface area contributed by atoms with Crippen molar-refractivity contribution in [3.05, 3.63) is 102 Å². The summed E-state index contributed by atoms with van der Waals surface area (Å²) in [6.45, 7) is 3.18. The molecule has 1 atom stereocenters. The lowest BCUT2D eigenvalue weighted by molar-refractivity contribution is 0.600. The lowest BCUT2D eigenvalue weighted by Gasteiger charge is -2.34. The van der Waals surface area contributed by atoms with E-state index in [4.69, 9.17) is 0 Å². The van der Waals surface area contributed by atoms with Crippen LogP contribution in [0.15, 0.2) is 91.0 Å². The Kier molecular flexibility index (Phi) is 5.10. The predicted molar refractivity (Wildman–Crippen MR) is 98.5 cm³/mol. The molecule has 0 aliphatic rings. The summed E-state index contributed by atoms with van der Waals surface area (Å²) in [6.07, 6.45) is 1.08. The quantitative estimate of drug-likeness (QED) is 0.552. The first-order chi connectivity index (χ1) is 11.4. The molecule has 3 rings (SSSR count). The molecule has 0 saturated heterocycles. The van der Waals surface area contributed by atoms with Gasteiger partial charge in [-0.25, -0.2) is 0 Å². The SMILES string of the molecule is CC[C@@H](c1ccccc1)N(Cc1ccccc1)c1ccccc1. The van der Waals surface area contributed by atoms with Gasteiger partial charge in [0.2, 0.25) is 0 Å². The topological polar surface area (TPSA) is 3.24 Å². The number of anilines is 1. The van der Waals surface area contributed by atoms with Gasteiger partial charge in [-0.05, 0) is 29.7 Å². The highest BCUT2D eigenvalue weighted by molar-refractivity contribution is 5.49. The molecule has 23 heavy (non-hydrogen) atoms. The maximum absolute atomic E-state index is 2.50. The average Bonchev–Trinajstić information content (AvgIpc) is 2.64.